The van der Waals surface area contributed by atoms with Crippen LogP contribution < -0.4 is 5.32 Å². The third-order valence-corrected chi connectivity index (χ3v) is 4.08. The van der Waals surface area contributed by atoms with E-state index in [0.29, 0.717) is 0 Å². The maximum absolute atomic E-state index is 4.72. The van der Waals surface area contributed by atoms with E-state index >= 15 is 0 Å². The number of hydrogen-bond donors (Lipinski definition) is 1. The lowest BCUT2D eigenvalue weighted by molar-refractivity contribution is 0.519. The molecule has 3 rings (SSSR count). The molecule has 1 N–H and O–H groups in total. The van der Waals surface area contributed by atoms with Gasteiger partial charge in [0.15, 0.2) is 0 Å². The van der Waals surface area contributed by atoms with Gasteiger partial charge in [-0.1, -0.05) is 18.2 Å². The molecule has 0 aliphatic heterocycles. The van der Waals surface area contributed by atoms with Gasteiger partial charge in [0.2, 0.25) is 0 Å². The minimum atomic E-state index is 0.242. The topological polar surface area (TPSA) is 47.7 Å². The van der Waals surface area contributed by atoms with Crippen LogP contribution in [0.2, 0.25) is 0 Å². The molecule has 0 radical (unpaired) electrons. The molecule has 0 aliphatic carbocycles. The molecule has 110 valence electrons. The molecule has 0 aliphatic rings. The Morgan fingerprint density at radius 1 is 1.14 bits per heavy atom. The number of hydrogen-bond acceptors (Lipinski definition) is 3. The van der Waals surface area contributed by atoms with Gasteiger partial charge < -0.3 is 5.32 Å². The molecule has 2 aromatic heterocycles. The fourth-order valence-electron chi connectivity index (χ4n) is 2.86. The van der Waals surface area contributed by atoms with Crippen LogP contribution in [0.25, 0.3) is 10.9 Å². The van der Waals surface area contributed by atoms with Crippen molar-refractivity contribution in [2.75, 3.05) is 7.05 Å². The van der Waals surface area contributed by atoms with Gasteiger partial charge in [0.1, 0.15) is 0 Å². The lowest BCUT2D eigenvalue weighted by atomic mass is 10.0. The zero-order chi connectivity index (χ0) is 14.8. The monoisotopic (exact) mass is 283 g/mol. The van der Waals surface area contributed by atoms with Crippen LogP contribution in [0.3, 0.4) is 0 Å². The van der Waals surface area contributed by atoms with Crippen molar-refractivity contribution >= 4 is 10.9 Å². The number of para-hydroxylation sites is 1. The van der Waals surface area contributed by atoms with Crippen LogP contribution in [0, 0.1) is 0 Å². The van der Waals surface area contributed by atoms with Crippen LogP contribution in [0.15, 0.2) is 36.5 Å². The summed E-state index contributed by atoms with van der Waals surface area (Å²) in [7, 11) is 5.98. The van der Waals surface area contributed by atoms with E-state index in [4.69, 9.17) is 5.10 Å². The second-order valence-electron chi connectivity index (χ2n) is 5.35. The largest absolute Gasteiger partial charge is 0.312 e. The highest BCUT2D eigenvalue weighted by atomic mass is 15.3. The van der Waals surface area contributed by atoms with E-state index < -0.39 is 0 Å². The van der Waals surface area contributed by atoms with E-state index in [2.05, 4.69) is 40.7 Å². The molecular weight excluding hydrogens is 262 g/mol. The summed E-state index contributed by atoms with van der Waals surface area (Å²) < 4.78 is 3.89. The second kappa shape index (κ2) is 5.69. The van der Waals surface area contributed by atoms with Crippen LogP contribution >= 0.6 is 0 Å². The van der Waals surface area contributed by atoms with Gasteiger partial charge in [-0.3, -0.25) is 9.36 Å². The normalized spacial score (nSPS) is 12.9. The number of benzene rings is 1. The van der Waals surface area contributed by atoms with E-state index in [-0.39, 0.29) is 6.04 Å². The van der Waals surface area contributed by atoms with Gasteiger partial charge in [0.05, 0.1) is 17.3 Å². The molecule has 5 heteroatoms. The number of fused-ring (bicyclic) bond motifs is 1. The summed E-state index contributed by atoms with van der Waals surface area (Å²) in [5.41, 5.74) is 3.54. The average molecular weight is 283 g/mol. The first-order valence-corrected chi connectivity index (χ1v) is 7.26. The Kier molecular flexibility index (Phi) is 3.75. The molecule has 21 heavy (non-hydrogen) atoms. The van der Waals surface area contributed by atoms with Crippen molar-refractivity contribution in [3.8, 4) is 0 Å². The van der Waals surface area contributed by atoms with Crippen molar-refractivity contribution in [1.82, 2.24) is 24.9 Å². The van der Waals surface area contributed by atoms with Gasteiger partial charge in [0, 0.05) is 31.4 Å². The molecular formula is C16H21N5. The van der Waals surface area contributed by atoms with Crippen LogP contribution in [-0.2, 0) is 20.5 Å². The zero-order valence-electron chi connectivity index (χ0n) is 12.7. The molecule has 0 bridgehead atoms. The maximum atomic E-state index is 4.72. The third kappa shape index (κ3) is 2.56. The highest BCUT2D eigenvalue weighted by Gasteiger charge is 2.17. The molecule has 1 atom stereocenters. The summed E-state index contributed by atoms with van der Waals surface area (Å²) in [6.07, 6.45) is 3.82. The fourth-order valence-corrected chi connectivity index (χ4v) is 2.86. The number of nitrogens with zero attached hydrogens (tertiary/aromatic N) is 4. The first-order chi connectivity index (χ1) is 10.2. The van der Waals surface area contributed by atoms with Gasteiger partial charge in [0.25, 0.3) is 0 Å². The first-order valence-electron chi connectivity index (χ1n) is 7.26. The number of aromatic nitrogens is 4. The SMILES string of the molecule is CNC(CCc1ccnn1C)c1nn(C)c2ccccc12. The number of rotatable bonds is 5. The Hall–Kier alpha value is -2.14. The Balaban J connectivity index is 1.86. The molecule has 0 saturated heterocycles. The number of nitrogens with one attached hydrogen (secondary N) is 1. The van der Waals surface area contributed by atoms with Crippen molar-refractivity contribution in [3.63, 3.8) is 0 Å². The highest BCUT2D eigenvalue weighted by Crippen LogP contribution is 2.26. The van der Waals surface area contributed by atoms with Crippen molar-refractivity contribution < 1.29 is 0 Å². The molecule has 0 saturated carbocycles. The molecule has 5 nitrogen and oxygen atoms in total. The predicted octanol–water partition coefficient (Wildman–Crippen LogP) is 2.20. The van der Waals surface area contributed by atoms with Gasteiger partial charge in [-0.25, -0.2) is 0 Å². The molecule has 3 aromatic rings. The average Bonchev–Trinajstić information content (AvgIpc) is 3.05. The van der Waals surface area contributed by atoms with Crippen molar-refractivity contribution in [2.24, 2.45) is 14.1 Å². The summed E-state index contributed by atoms with van der Waals surface area (Å²) in [6, 6.07) is 10.7. The predicted molar refractivity (Wildman–Crippen MR) is 84.0 cm³/mol. The Bertz CT molecular complexity index is 740. The lowest BCUT2D eigenvalue weighted by Gasteiger charge is -2.14. The van der Waals surface area contributed by atoms with Crippen molar-refractivity contribution in [3.05, 3.63) is 47.9 Å². The molecule has 1 unspecified atom stereocenters. The highest BCUT2D eigenvalue weighted by molar-refractivity contribution is 5.82. The molecule has 0 spiro atoms. The minimum absolute atomic E-state index is 0.242. The van der Waals surface area contributed by atoms with Crippen LogP contribution in [0.1, 0.15) is 23.9 Å². The zero-order valence-corrected chi connectivity index (χ0v) is 12.7. The van der Waals surface area contributed by atoms with E-state index in [1.807, 2.05) is 36.7 Å². The maximum Gasteiger partial charge on any atom is 0.0872 e. The Morgan fingerprint density at radius 2 is 1.95 bits per heavy atom. The van der Waals surface area contributed by atoms with Gasteiger partial charge in [-0.05, 0) is 32.0 Å². The third-order valence-electron chi connectivity index (χ3n) is 4.08. The van der Waals surface area contributed by atoms with Crippen molar-refractivity contribution in [2.45, 2.75) is 18.9 Å². The van der Waals surface area contributed by atoms with E-state index in [0.717, 1.165) is 18.5 Å². The molecule has 0 fully saturated rings. The van der Waals surface area contributed by atoms with E-state index in [9.17, 15) is 0 Å². The van der Waals surface area contributed by atoms with Crippen LogP contribution in [-0.4, -0.2) is 26.6 Å². The van der Waals surface area contributed by atoms with E-state index in [1.54, 1.807) is 0 Å². The summed E-state index contributed by atoms with van der Waals surface area (Å²) >= 11 is 0. The van der Waals surface area contributed by atoms with Crippen LogP contribution in [0.4, 0.5) is 0 Å². The second-order valence-corrected chi connectivity index (χ2v) is 5.35. The van der Waals surface area contributed by atoms with Crippen LogP contribution in [0.5, 0.6) is 0 Å². The Labute approximate surface area is 124 Å². The number of aryl methyl sites for hydroxylation is 3. The van der Waals surface area contributed by atoms with Crippen molar-refractivity contribution in [1.29, 1.82) is 0 Å². The summed E-state index contributed by atoms with van der Waals surface area (Å²) in [6.45, 7) is 0. The Morgan fingerprint density at radius 3 is 2.67 bits per heavy atom. The van der Waals surface area contributed by atoms with Gasteiger partial charge >= 0.3 is 0 Å². The van der Waals surface area contributed by atoms with Gasteiger partial charge in [-0.15, -0.1) is 0 Å². The van der Waals surface area contributed by atoms with Gasteiger partial charge in [-0.2, -0.15) is 10.2 Å². The molecule has 0 amide bonds. The lowest BCUT2D eigenvalue weighted by Crippen LogP contribution is -2.18. The quantitative estimate of drug-likeness (QED) is 0.781. The fraction of sp³-hybridized carbons (Fsp3) is 0.375. The summed E-state index contributed by atoms with van der Waals surface area (Å²) in [5, 5.41) is 13.6. The molecule has 1 aromatic carbocycles. The summed E-state index contributed by atoms with van der Waals surface area (Å²) in [5.74, 6) is 0. The molecule has 2 heterocycles. The minimum Gasteiger partial charge on any atom is -0.312 e. The standard InChI is InChI=1S/C16H21N5/c1-17-14(9-8-12-10-11-18-20(12)2)16-13-6-4-5-7-15(13)21(3)19-16/h4-7,10-11,14,17H,8-9H2,1-3H3. The van der Waals surface area contributed by atoms with E-state index in [1.165, 1.54) is 16.6 Å². The smallest absolute Gasteiger partial charge is 0.0872 e. The first kappa shape index (κ1) is 13.8. The summed E-state index contributed by atoms with van der Waals surface area (Å²) in [4.78, 5) is 0.